The zero-order valence-electron chi connectivity index (χ0n) is 12.4. The van der Waals surface area contributed by atoms with Crippen LogP contribution in [0.2, 0.25) is 0 Å². The molecule has 2 rings (SSSR count). The molecule has 114 valence electrons. The minimum Gasteiger partial charge on any atom is -0.342 e. The van der Waals surface area contributed by atoms with Crippen LogP contribution in [0.4, 0.5) is 8.78 Å². The molecule has 0 bridgehead atoms. The lowest BCUT2D eigenvalue weighted by atomic mass is 9.94. The van der Waals surface area contributed by atoms with Crippen LogP contribution in [0.15, 0.2) is 24.4 Å². The molecule has 0 spiro atoms. The van der Waals surface area contributed by atoms with Gasteiger partial charge in [-0.15, -0.1) is 0 Å². The normalized spacial score (nSPS) is 12.9. The van der Waals surface area contributed by atoms with Crippen molar-refractivity contribution in [1.82, 2.24) is 9.97 Å². The number of nitrogens with zero attached hydrogens (tertiary/aromatic N) is 1. The highest BCUT2D eigenvalue weighted by Gasteiger charge is 2.13. The molecule has 2 aromatic rings. The number of halogens is 2. The number of H-pyrrole nitrogens is 1. The molecule has 0 aliphatic rings. The fraction of sp³-hybridized carbons (Fsp3) is 0.438. The fourth-order valence-electron chi connectivity index (χ4n) is 2.53. The van der Waals surface area contributed by atoms with E-state index in [1.807, 2.05) is 0 Å². The van der Waals surface area contributed by atoms with Crippen molar-refractivity contribution in [2.45, 2.75) is 26.7 Å². The molecule has 1 atom stereocenters. The Morgan fingerprint density at radius 2 is 1.86 bits per heavy atom. The van der Waals surface area contributed by atoms with Gasteiger partial charge in [0.25, 0.3) is 0 Å². The summed E-state index contributed by atoms with van der Waals surface area (Å²) in [7, 11) is 0. The summed E-state index contributed by atoms with van der Waals surface area (Å²) in [6, 6.07) is 3.43. The predicted molar refractivity (Wildman–Crippen MR) is 79.6 cm³/mol. The van der Waals surface area contributed by atoms with Crippen LogP contribution in [0, 0.1) is 23.5 Å². The Kier molecular flexibility index (Phi) is 5.07. The molecule has 0 fully saturated rings. The average Bonchev–Trinajstić information content (AvgIpc) is 2.84. The van der Waals surface area contributed by atoms with E-state index in [0.29, 0.717) is 29.6 Å². The number of benzene rings is 1. The van der Waals surface area contributed by atoms with Gasteiger partial charge in [0.05, 0.1) is 11.9 Å². The fourth-order valence-corrected chi connectivity index (χ4v) is 2.53. The summed E-state index contributed by atoms with van der Waals surface area (Å²) in [4.78, 5) is 7.41. The predicted octanol–water partition coefficient (Wildman–Crippen LogP) is 3.52. The summed E-state index contributed by atoms with van der Waals surface area (Å²) in [6.07, 6.45) is 3.38. The highest BCUT2D eigenvalue weighted by Crippen LogP contribution is 2.21. The van der Waals surface area contributed by atoms with Gasteiger partial charge < -0.3 is 10.7 Å². The van der Waals surface area contributed by atoms with Gasteiger partial charge in [0.2, 0.25) is 0 Å². The Morgan fingerprint density at radius 3 is 2.43 bits per heavy atom. The maximum Gasteiger partial charge on any atom is 0.126 e. The topological polar surface area (TPSA) is 54.7 Å². The van der Waals surface area contributed by atoms with Crippen molar-refractivity contribution in [3.05, 3.63) is 41.9 Å². The highest BCUT2D eigenvalue weighted by molar-refractivity contribution is 5.58. The lowest BCUT2D eigenvalue weighted by Gasteiger charge is -2.15. The van der Waals surface area contributed by atoms with Gasteiger partial charge in [0.15, 0.2) is 0 Å². The second-order valence-electron chi connectivity index (χ2n) is 5.84. The molecule has 0 radical (unpaired) electrons. The number of nitrogens with one attached hydrogen (secondary N) is 1. The van der Waals surface area contributed by atoms with Crippen LogP contribution in [-0.2, 0) is 6.42 Å². The third-order valence-electron chi connectivity index (χ3n) is 3.42. The molecule has 1 unspecified atom stereocenters. The van der Waals surface area contributed by atoms with Gasteiger partial charge in [-0.25, -0.2) is 13.8 Å². The van der Waals surface area contributed by atoms with E-state index in [2.05, 4.69) is 23.8 Å². The van der Waals surface area contributed by atoms with E-state index in [-0.39, 0.29) is 0 Å². The number of hydrogen-bond acceptors (Lipinski definition) is 2. The molecule has 1 heterocycles. The molecule has 0 aliphatic heterocycles. The van der Waals surface area contributed by atoms with E-state index in [0.717, 1.165) is 24.7 Å². The average molecular weight is 293 g/mol. The zero-order valence-corrected chi connectivity index (χ0v) is 12.4. The number of imidazole rings is 1. The summed E-state index contributed by atoms with van der Waals surface area (Å²) in [5.74, 6) is 0.533. The largest absolute Gasteiger partial charge is 0.342 e. The van der Waals surface area contributed by atoms with Crippen molar-refractivity contribution in [3.63, 3.8) is 0 Å². The quantitative estimate of drug-likeness (QED) is 0.856. The van der Waals surface area contributed by atoms with Crippen LogP contribution in [0.5, 0.6) is 0 Å². The summed E-state index contributed by atoms with van der Waals surface area (Å²) in [6.45, 7) is 4.92. The SMILES string of the molecule is CC(C)CC(CN)Cc1ncc(-c2cc(F)cc(F)c2)[nH]1. The van der Waals surface area contributed by atoms with Gasteiger partial charge in [-0.05, 0) is 36.9 Å². The summed E-state index contributed by atoms with van der Waals surface area (Å²) >= 11 is 0. The first-order valence-corrected chi connectivity index (χ1v) is 7.18. The van der Waals surface area contributed by atoms with E-state index in [4.69, 9.17) is 5.73 Å². The Labute approximate surface area is 123 Å². The molecular weight excluding hydrogens is 272 g/mol. The molecule has 0 aliphatic carbocycles. The molecule has 1 aromatic heterocycles. The van der Waals surface area contributed by atoms with Crippen LogP contribution >= 0.6 is 0 Å². The Morgan fingerprint density at radius 1 is 1.19 bits per heavy atom. The van der Waals surface area contributed by atoms with Crippen LogP contribution in [0.1, 0.15) is 26.1 Å². The molecule has 0 saturated heterocycles. The number of nitrogens with two attached hydrogens (primary N) is 1. The van der Waals surface area contributed by atoms with E-state index in [1.54, 1.807) is 6.20 Å². The summed E-state index contributed by atoms with van der Waals surface area (Å²) < 4.78 is 26.5. The third kappa shape index (κ3) is 4.36. The van der Waals surface area contributed by atoms with Crippen molar-refractivity contribution in [1.29, 1.82) is 0 Å². The number of aromatic amines is 1. The minimum absolute atomic E-state index is 0.355. The van der Waals surface area contributed by atoms with Gasteiger partial charge in [-0.3, -0.25) is 0 Å². The van der Waals surface area contributed by atoms with Gasteiger partial charge in [0.1, 0.15) is 17.5 Å². The second-order valence-corrected chi connectivity index (χ2v) is 5.84. The number of rotatable bonds is 6. The van der Waals surface area contributed by atoms with Crippen molar-refractivity contribution in [2.75, 3.05) is 6.54 Å². The van der Waals surface area contributed by atoms with Gasteiger partial charge in [-0.1, -0.05) is 13.8 Å². The van der Waals surface area contributed by atoms with Crippen molar-refractivity contribution >= 4 is 0 Å². The van der Waals surface area contributed by atoms with Crippen molar-refractivity contribution in [3.8, 4) is 11.3 Å². The van der Waals surface area contributed by atoms with Crippen molar-refractivity contribution < 1.29 is 8.78 Å². The molecule has 0 amide bonds. The highest BCUT2D eigenvalue weighted by atomic mass is 19.1. The van der Waals surface area contributed by atoms with Gasteiger partial charge in [-0.2, -0.15) is 0 Å². The standard InChI is InChI=1S/C16H21F2N3/c1-10(2)3-11(8-19)4-16-20-9-15(21-16)12-5-13(17)7-14(18)6-12/h5-7,9-11H,3-4,8,19H2,1-2H3,(H,20,21). The molecule has 3 nitrogen and oxygen atoms in total. The van der Waals surface area contributed by atoms with Crippen LogP contribution in [0.3, 0.4) is 0 Å². The second kappa shape index (κ2) is 6.80. The number of aromatic nitrogens is 2. The summed E-state index contributed by atoms with van der Waals surface area (Å²) in [5.41, 5.74) is 6.86. The minimum atomic E-state index is -0.596. The molecule has 5 heteroatoms. The Hall–Kier alpha value is -1.75. The first-order chi connectivity index (χ1) is 9.97. The number of hydrogen-bond donors (Lipinski definition) is 2. The lowest BCUT2D eigenvalue weighted by molar-refractivity contribution is 0.409. The lowest BCUT2D eigenvalue weighted by Crippen LogP contribution is -2.19. The zero-order chi connectivity index (χ0) is 15.4. The molecule has 1 aromatic carbocycles. The van der Waals surface area contributed by atoms with Crippen LogP contribution in [0.25, 0.3) is 11.3 Å². The molecular formula is C16H21F2N3. The van der Waals surface area contributed by atoms with Crippen LogP contribution < -0.4 is 5.73 Å². The van der Waals surface area contributed by atoms with E-state index < -0.39 is 11.6 Å². The maximum absolute atomic E-state index is 13.2. The third-order valence-corrected chi connectivity index (χ3v) is 3.42. The van der Waals surface area contributed by atoms with E-state index in [1.165, 1.54) is 12.1 Å². The Bertz CT molecular complexity index is 573. The summed E-state index contributed by atoms with van der Waals surface area (Å²) in [5, 5.41) is 0. The first kappa shape index (κ1) is 15.6. The van der Waals surface area contributed by atoms with E-state index >= 15 is 0 Å². The molecule has 0 saturated carbocycles. The van der Waals surface area contributed by atoms with Crippen LogP contribution in [-0.4, -0.2) is 16.5 Å². The smallest absolute Gasteiger partial charge is 0.126 e. The monoisotopic (exact) mass is 293 g/mol. The van der Waals surface area contributed by atoms with Gasteiger partial charge in [0, 0.05) is 18.1 Å². The maximum atomic E-state index is 13.2. The Balaban J connectivity index is 2.13. The van der Waals surface area contributed by atoms with Crippen molar-refractivity contribution in [2.24, 2.45) is 17.6 Å². The van der Waals surface area contributed by atoms with E-state index in [9.17, 15) is 8.78 Å². The molecule has 3 N–H and O–H groups in total. The van der Waals surface area contributed by atoms with Gasteiger partial charge >= 0.3 is 0 Å². The first-order valence-electron chi connectivity index (χ1n) is 7.18. The molecule has 21 heavy (non-hydrogen) atoms.